The second-order valence-electron chi connectivity index (χ2n) is 3.74. The van der Waals surface area contributed by atoms with Gasteiger partial charge in [0.2, 0.25) is 0 Å². The van der Waals surface area contributed by atoms with Gasteiger partial charge >= 0.3 is 0 Å². The largest absolute Gasteiger partial charge is 0.494 e. The highest BCUT2D eigenvalue weighted by Gasteiger charge is 2.15. The summed E-state index contributed by atoms with van der Waals surface area (Å²) in [5.41, 5.74) is 8.78. The molecule has 1 aliphatic heterocycles. The van der Waals surface area contributed by atoms with E-state index in [0.717, 1.165) is 23.7 Å². The summed E-state index contributed by atoms with van der Waals surface area (Å²) in [6.45, 7) is 2.71. The minimum Gasteiger partial charge on any atom is -0.494 e. The number of hydrogen-bond donors (Lipinski definition) is 1. The molecule has 0 saturated heterocycles. The summed E-state index contributed by atoms with van der Waals surface area (Å²) in [6, 6.07) is 6.48. The van der Waals surface area contributed by atoms with Crippen molar-refractivity contribution in [1.82, 2.24) is 0 Å². The second-order valence-corrected chi connectivity index (χ2v) is 4.85. The molecule has 0 bridgehead atoms. The van der Waals surface area contributed by atoms with Crippen LogP contribution in [0, 0.1) is 0 Å². The molecule has 3 heteroatoms. The van der Waals surface area contributed by atoms with Crippen molar-refractivity contribution in [2.75, 3.05) is 12.4 Å². The number of benzene rings is 1. The van der Waals surface area contributed by atoms with Crippen LogP contribution in [0.5, 0.6) is 5.75 Å². The first-order chi connectivity index (χ1) is 7.31. The Kier molecular flexibility index (Phi) is 3.54. The van der Waals surface area contributed by atoms with Crippen LogP contribution in [0.25, 0.3) is 0 Å². The Morgan fingerprint density at radius 2 is 2.40 bits per heavy atom. The van der Waals surface area contributed by atoms with Gasteiger partial charge in [0.1, 0.15) is 5.75 Å². The van der Waals surface area contributed by atoms with Crippen LogP contribution in [-0.2, 0) is 5.75 Å². The van der Waals surface area contributed by atoms with Gasteiger partial charge in [-0.3, -0.25) is 0 Å². The van der Waals surface area contributed by atoms with Crippen molar-refractivity contribution in [1.29, 1.82) is 0 Å². The summed E-state index contributed by atoms with van der Waals surface area (Å²) < 4.78 is 5.50. The average Bonchev–Trinajstić information content (AvgIpc) is 2.42. The molecule has 1 aliphatic rings. The van der Waals surface area contributed by atoms with E-state index < -0.39 is 0 Å². The van der Waals surface area contributed by atoms with E-state index in [-0.39, 0.29) is 6.04 Å². The number of thioether (sulfide) groups is 1. The van der Waals surface area contributed by atoms with Crippen LogP contribution in [0.3, 0.4) is 0 Å². The predicted octanol–water partition coefficient (Wildman–Crippen LogP) is 2.72. The van der Waals surface area contributed by atoms with Crippen LogP contribution in [0.2, 0.25) is 0 Å². The number of ether oxygens (including phenoxy) is 1. The molecule has 0 aliphatic carbocycles. The fourth-order valence-corrected chi connectivity index (χ4v) is 2.90. The predicted molar refractivity (Wildman–Crippen MR) is 65.3 cm³/mol. The SMILES string of the molecule is CCOc1ccc2c(c1)[C@@H](N)CCSC2. The zero-order chi connectivity index (χ0) is 10.7. The zero-order valence-electron chi connectivity index (χ0n) is 9.03. The van der Waals surface area contributed by atoms with Crippen LogP contribution < -0.4 is 10.5 Å². The number of hydrogen-bond acceptors (Lipinski definition) is 3. The molecular formula is C12H17NOS. The van der Waals surface area contributed by atoms with Gasteiger partial charge < -0.3 is 10.5 Å². The van der Waals surface area contributed by atoms with Crippen molar-refractivity contribution in [3.05, 3.63) is 29.3 Å². The van der Waals surface area contributed by atoms with Gasteiger partial charge in [-0.25, -0.2) is 0 Å². The average molecular weight is 223 g/mol. The van der Waals surface area contributed by atoms with E-state index in [0.29, 0.717) is 6.61 Å². The van der Waals surface area contributed by atoms with Crippen LogP contribution in [0.1, 0.15) is 30.5 Å². The molecule has 0 aromatic heterocycles. The standard InChI is InChI=1S/C12H17NOS/c1-2-14-10-4-3-9-8-15-6-5-12(13)11(9)7-10/h3-4,7,12H,2,5-6,8,13H2,1H3/t12-/m0/s1. The molecule has 0 spiro atoms. The molecule has 1 heterocycles. The van der Waals surface area contributed by atoms with Crippen molar-refractivity contribution in [3.63, 3.8) is 0 Å². The van der Waals surface area contributed by atoms with E-state index in [9.17, 15) is 0 Å². The monoisotopic (exact) mass is 223 g/mol. The maximum absolute atomic E-state index is 6.14. The Bertz CT molecular complexity index is 340. The highest BCUT2D eigenvalue weighted by molar-refractivity contribution is 7.98. The zero-order valence-corrected chi connectivity index (χ0v) is 9.85. The molecule has 15 heavy (non-hydrogen) atoms. The number of rotatable bonds is 2. The Morgan fingerprint density at radius 3 is 3.20 bits per heavy atom. The summed E-state index contributed by atoms with van der Waals surface area (Å²) in [5, 5.41) is 0. The third-order valence-electron chi connectivity index (χ3n) is 2.66. The van der Waals surface area contributed by atoms with Gasteiger partial charge in [0.05, 0.1) is 6.61 Å². The molecule has 1 aromatic rings. The van der Waals surface area contributed by atoms with E-state index in [2.05, 4.69) is 12.1 Å². The molecule has 0 amide bonds. The summed E-state index contributed by atoms with van der Waals surface area (Å²) in [6.07, 6.45) is 1.06. The van der Waals surface area contributed by atoms with Crippen molar-refractivity contribution in [3.8, 4) is 5.75 Å². The highest BCUT2D eigenvalue weighted by Crippen LogP contribution is 2.31. The van der Waals surface area contributed by atoms with E-state index in [1.54, 1.807) is 0 Å². The van der Waals surface area contributed by atoms with Crippen LogP contribution in [0.4, 0.5) is 0 Å². The van der Waals surface area contributed by atoms with E-state index in [1.807, 2.05) is 24.8 Å². The summed E-state index contributed by atoms with van der Waals surface area (Å²) >= 11 is 1.96. The van der Waals surface area contributed by atoms with Gasteiger partial charge in [0, 0.05) is 11.8 Å². The van der Waals surface area contributed by atoms with E-state index in [1.165, 1.54) is 11.1 Å². The molecule has 0 saturated carbocycles. The molecule has 0 radical (unpaired) electrons. The summed E-state index contributed by atoms with van der Waals surface area (Å²) in [5.74, 6) is 3.17. The van der Waals surface area contributed by atoms with Crippen LogP contribution >= 0.6 is 11.8 Å². The van der Waals surface area contributed by atoms with E-state index >= 15 is 0 Å². The first-order valence-corrected chi connectivity index (χ1v) is 6.55. The lowest BCUT2D eigenvalue weighted by Crippen LogP contribution is -2.11. The molecule has 2 N–H and O–H groups in total. The fraction of sp³-hybridized carbons (Fsp3) is 0.500. The highest BCUT2D eigenvalue weighted by atomic mass is 32.2. The third-order valence-corrected chi connectivity index (χ3v) is 3.70. The number of fused-ring (bicyclic) bond motifs is 1. The van der Waals surface area contributed by atoms with Crippen LogP contribution in [0.15, 0.2) is 18.2 Å². The van der Waals surface area contributed by atoms with Gasteiger partial charge in [-0.1, -0.05) is 6.07 Å². The van der Waals surface area contributed by atoms with Gasteiger partial charge in [-0.05, 0) is 42.4 Å². The molecule has 0 unspecified atom stereocenters. The Hall–Kier alpha value is -0.670. The Morgan fingerprint density at radius 1 is 1.53 bits per heavy atom. The summed E-state index contributed by atoms with van der Waals surface area (Å²) in [4.78, 5) is 0. The smallest absolute Gasteiger partial charge is 0.119 e. The van der Waals surface area contributed by atoms with Gasteiger partial charge in [0.25, 0.3) is 0 Å². The first-order valence-electron chi connectivity index (χ1n) is 5.40. The maximum atomic E-state index is 6.14. The minimum atomic E-state index is 0.176. The Balaban J connectivity index is 2.31. The first kappa shape index (κ1) is 10.8. The fourth-order valence-electron chi connectivity index (χ4n) is 1.85. The number of nitrogens with two attached hydrogens (primary N) is 1. The molecular weight excluding hydrogens is 206 g/mol. The molecule has 1 atom stereocenters. The van der Waals surface area contributed by atoms with Crippen molar-refractivity contribution < 1.29 is 4.74 Å². The van der Waals surface area contributed by atoms with Gasteiger partial charge in [0.15, 0.2) is 0 Å². The molecule has 2 rings (SSSR count). The lowest BCUT2D eigenvalue weighted by atomic mass is 10.00. The van der Waals surface area contributed by atoms with Gasteiger partial charge in [-0.15, -0.1) is 0 Å². The van der Waals surface area contributed by atoms with Crippen molar-refractivity contribution >= 4 is 11.8 Å². The molecule has 0 fully saturated rings. The topological polar surface area (TPSA) is 35.2 Å². The van der Waals surface area contributed by atoms with Crippen molar-refractivity contribution in [2.45, 2.75) is 25.1 Å². The lowest BCUT2D eigenvalue weighted by Gasteiger charge is -2.13. The molecule has 1 aromatic carbocycles. The maximum Gasteiger partial charge on any atom is 0.119 e. The molecule has 82 valence electrons. The van der Waals surface area contributed by atoms with Crippen molar-refractivity contribution in [2.24, 2.45) is 5.73 Å². The Labute approximate surface area is 95.2 Å². The third kappa shape index (κ3) is 2.47. The summed E-state index contributed by atoms with van der Waals surface area (Å²) in [7, 11) is 0. The van der Waals surface area contributed by atoms with Gasteiger partial charge in [-0.2, -0.15) is 11.8 Å². The molecule has 2 nitrogen and oxygen atoms in total. The minimum absolute atomic E-state index is 0.176. The lowest BCUT2D eigenvalue weighted by molar-refractivity contribution is 0.339. The van der Waals surface area contributed by atoms with E-state index in [4.69, 9.17) is 10.5 Å². The normalized spacial score (nSPS) is 20.5. The van der Waals surface area contributed by atoms with Crippen LogP contribution in [-0.4, -0.2) is 12.4 Å². The second kappa shape index (κ2) is 4.90. The quantitative estimate of drug-likeness (QED) is 0.837.